The third-order valence-corrected chi connectivity index (χ3v) is 7.53. The molecular formula is C31H34ClNO3. The van der Waals surface area contributed by atoms with E-state index in [1.807, 2.05) is 24.3 Å². The normalized spacial score (nSPS) is 17.4. The number of hydrogen-bond acceptors (Lipinski definition) is 4. The predicted molar refractivity (Wildman–Crippen MR) is 148 cm³/mol. The summed E-state index contributed by atoms with van der Waals surface area (Å²) in [6.07, 6.45) is 6.07. The highest BCUT2D eigenvalue weighted by Crippen LogP contribution is 2.45. The zero-order chi connectivity index (χ0) is 25.9. The Morgan fingerprint density at radius 3 is 2.56 bits per heavy atom. The molecule has 0 saturated carbocycles. The summed E-state index contributed by atoms with van der Waals surface area (Å²) in [5.41, 5.74) is 6.11. The minimum Gasteiger partial charge on any atom is -0.508 e. The number of phenolic OH excluding ortho intramolecular Hbond substituents is 1. The van der Waals surface area contributed by atoms with Crippen LogP contribution in [0.25, 0.3) is 6.08 Å². The van der Waals surface area contributed by atoms with E-state index in [1.54, 1.807) is 12.1 Å². The van der Waals surface area contributed by atoms with Crippen LogP contribution in [0, 0.1) is 5.92 Å². The number of hydrogen-bond donors (Lipinski definition) is 1. The molecule has 0 spiro atoms. The maximum absolute atomic E-state index is 11.5. The van der Waals surface area contributed by atoms with Gasteiger partial charge in [-0.1, -0.05) is 61.8 Å². The average molecular weight is 504 g/mol. The van der Waals surface area contributed by atoms with Gasteiger partial charge >= 0.3 is 5.97 Å². The highest BCUT2D eigenvalue weighted by Gasteiger charge is 2.40. The number of ether oxygens (including phenoxy) is 1. The minimum absolute atomic E-state index is 0.283. The van der Waals surface area contributed by atoms with Crippen molar-refractivity contribution in [3.8, 4) is 5.75 Å². The molecule has 1 N–H and O–H groups in total. The maximum Gasteiger partial charge on any atom is 0.330 e. The number of benzene rings is 3. The molecule has 3 aromatic carbocycles. The van der Waals surface area contributed by atoms with Gasteiger partial charge in [0.2, 0.25) is 0 Å². The Morgan fingerprint density at radius 2 is 1.89 bits per heavy atom. The standard InChI is InChI=1S/C31H34ClNO3/c1-21(2)5-9-23-10-13-26(20-29(23)32)33-18-17-24-19-27(34)14-15-28(24)31(33,3)25-11-6-22(7-12-25)8-16-30(35)36-4/h6-8,10-16,19-21,34H,5,9,17-18H2,1-4H3. The van der Waals surface area contributed by atoms with Crippen LogP contribution >= 0.6 is 11.6 Å². The molecule has 1 aliphatic heterocycles. The molecule has 1 aliphatic rings. The number of aromatic hydroxyl groups is 1. The van der Waals surface area contributed by atoms with E-state index in [1.165, 1.54) is 18.7 Å². The summed E-state index contributed by atoms with van der Waals surface area (Å²) in [5, 5.41) is 11.0. The highest BCUT2D eigenvalue weighted by atomic mass is 35.5. The molecule has 0 radical (unpaired) electrons. The van der Waals surface area contributed by atoms with Gasteiger partial charge in [0, 0.05) is 23.3 Å². The van der Waals surface area contributed by atoms with Gasteiger partial charge in [-0.3, -0.25) is 0 Å². The molecule has 1 heterocycles. The van der Waals surface area contributed by atoms with Crippen molar-refractivity contribution in [1.29, 1.82) is 0 Å². The van der Waals surface area contributed by atoms with Gasteiger partial charge in [-0.2, -0.15) is 0 Å². The van der Waals surface area contributed by atoms with Crippen LogP contribution in [0.15, 0.2) is 66.7 Å². The van der Waals surface area contributed by atoms with Crippen LogP contribution in [-0.2, 0) is 27.9 Å². The molecule has 4 rings (SSSR count). The lowest BCUT2D eigenvalue weighted by Gasteiger charge is -2.48. The van der Waals surface area contributed by atoms with Gasteiger partial charge < -0.3 is 14.7 Å². The second-order valence-corrected chi connectivity index (χ2v) is 10.4. The number of anilines is 1. The summed E-state index contributed by atoms with van der Waals surface area (Å²) < 4.78 is 4.70. The minimum atomic E-state index is -0.478. The number of carbonyl (C=O) groups excluding carboxylic acids is 1. The molecule has 1 unspecified atom stereocenters. The fraction of sp³-hybridized carbons (Fsp3) is 0.323. The number of esters is 1. The van der Waals surface area contributed by atoms with Crippen LogP contribution in [0.2, 0.25) is 5.02 Å². The molecule has 0 aliphatic carbocycles. The lowest BCUT2D eigenvalue weighted by Crippen LogP contribution is -2.49. The van der Waals surface area contributed by atoms with Crippen LogP contribution in [0.3, 0.4) is 0 Å². The number of nitrogens with zero attached hydrogens (tertiary/aromatic N) is 1. The molecule has 0 amide bonds. The Balaban J connectivity index is 1.76. The first kappa shape index (κ1) is 25.8. The zero-order valence-corrected chi connectivity index (χ0v) is 22.2. The molecule has 0 aromatic heterocycles. The first-order valence-electron chi connectivity index (χ1n) is 12.5. The quantitative estimate of drug-likeness (QED) is 0.275. The highest BCUT2D eigenvalue weighted by molar-refractivity contribution is 6.31. The van der Waals surface area contributed by atoms with Gasteiger partial charge in [0.1, 0.15) is 5.75 Å². The average Bonchev–Trinajstić information content (AvgIpc) is 2.86. The van der Waals surface area contributed by atoms with Crippen LogP contribution in [0.1, 0.15) is 55.0 Å². The summed E-state index contributed by atoms with van der Waals surface area (Å²) in [6, 6.07) is 20.3. The van der Waals surface area contributed by atoms with E-state index in [9.17, 15) is 9.90 Å². The molecule has 1 atom stereocenters. The van der Waals surface area contributed by atoms with Crippen LogP contribution in [0.5, 0.6) is 5.75 Å². The van der Waals surface area contributed by atoms with Crippen LogP contribution in [0.4, 0.5) is 5.69 Å². The first-order valence-corrected chi connectivity index (χ1v) is 12.8. The maximum atomic E-state index is 11.5. The SMILES string of the molecule is COC(=O)C=Cc1ccc(C2(C)c3ccc(O)cc3CCN2c2ccc(CCC(C)C)c(Cl)c2)cc1. The Morgan fingerprint density at radius 1 is 1.14 bits per heavy atom. The smallest absolute Gasteiger partial charge is 0.330 e. The van der Waals surface area contributed by atoms with Crippen molar-refractivity contribution in [2.75, 3.05) is 18.6 Å². The molecule has 188 valence electrons. The number of methoxy groups -OCH3 is 1. The largest absolute Gasteiger partial charge is 0.508 e. The van der Waals surface area contributed by atoms with E-state index in [0.717, 1.165) is 58.8 Å². The van der Waals surface area contributed by atoms with E-state index in [2.05, 4.69) is 56.0 Å². The van der Waals surface area contributed by atoms with Gasteiger partial charge in [0.05, 0.1) is 12.6 Å². The van der Waals surface area contributed by atoms with E-state index in [-0.39, 0.29) is 11.7 Å². The molecule has 0 bridgehead atoms. The zero-order valence-electron chi connectivity index (χ0n) is 21.4. The predicted octanol–water partition coefficient (Wildman–Crippen LogP) is 7.15. The lowest BCUT2D eigenvalue weighted by atomic mass is 9.76. The van der Waals surface area contributed by atoms with Crippen molar-refractivity contribution < 1.29 is 14.6 Å². The lowest BCUT2D eigenvalue weighted by molar-refractivity contribution is -0.134. The molecule has 4 nitrogen and oxygen atoms in total. The van der Waals surface area contributed by atoms with E-state index >= 15 is 0 Å². The fourth-order valence-corrected chi connectivity index (χ4v) is 5.33. The molecule has 5 heteroatoms. The number of halogens is 1. The first-order chi connectivity index (χ1) is 17.2. The van der Waals surface area contributed by atoms with Gasteiger partial charge in [-0.25, -0.2) is 4.79 Å². The number of phenols is 1. The second-order valence-electron chi connectivity index (χ2n) is 10.0. The molecule has 36 heavy (non-hydrogen) atoms. The molecule has 0 saturated heterocycles. The summed E-state index contributed by atoms with van der Waals surface area (Å²) in [7, 11) is 1.37. The van der Waals surface area contributed by atoms with E-state index < -0.39 is 5.54 Å². The Hall–Kier alpha value is -3.24. The third-order valence-electron chi connectivity index (χ3n) is 7.18. The van der Waals surface area contributed by atoms with Gasteiger partial charge in [-0.05, 0) is 90.3 Å². The summed E-state index contributed by atoms with van der Waals surface area (Å²) in [4.78, 5) is 13.9. The van der Waals surface area contributed by atoms with Crippen molar-refractivity contribution in [3.05, 3.63) is 99.6 Å². The van der Waals surface area contributed by atoms with Gasteiger partial charge in [0.15, 0.2) is 0 Å². The van der Waals surface area contributed by atoms with Crippen molar-refractivity contribution in [1.82, 2.24) is 0 Å². The molecular weight excluding hydrogens is 470 g/mol. The number of carbonyl (C=O) groups is 1. The summed E-state index contributed by atoms with van der Waals surface area (Å²) in [5.74, 6) is 0.529. The summed E-state index contributed by atoms with van der Waals surface area (Å²) >= 11 is 6.78. The van der Waals surface area contributed by atoms with E-state index in [4.69, 9.17) is 16.3 Å². The van der Waals surface area contributed by atoms with Gasteiger partial charge in [0.25, 0.3) is 0 Å². The Kier molecular flexibility index (Phi) is 7.75. The topological polar surface area (TPSA) is 49.8 Å². The van der Waals surface area contributed by atoms with Crippen molar-refractivity contribution in [2.24, 2.45) is 5.92 Å². The fourth-order valence-electron chi connectivity index (χ4n) is 5.06. The second kappa shape index (κ2) is 10.8. The molecule has 3 aromatic rings. The van der Waals surface area contributed by atoms with Crippen LogP contribution in [-0.4, -0.2) is 24.7 Å². The number of aryl methyl sites for hydroxylation is 1. The third kappa shape index (κ3) is 5.29. The van der Waals surface area contributed by atoms with Crippen molar-refractivity contribution in [2.45, 2.75) is 45.6 Å². The Labute approximate surface area is 219 Å². The molecule has 0 fully saturated rings. The van der Waals surface area contributed by atoms with E-state index in [0.29, 0.717) is 5.92 Å². The van der Waals surface area contributed by atoms with Crippen molar-refractivity contribution in [3.63, 3.8) is 0 Å². The van der Waals surface area contributed by atoms with Crippen LogP contribution < -0.4 is 4.90 Å². The van der Waals surface area contributed by atoms with Crippen molar-refractivity contribution >= 4 is 29.3 Å². The number of rotatable bonds is 7. The Bertz CT molecular complexity index is 1270. The summed E-state index contributed by atoms with van der Waals surface area (Å²) in [6.45, 7) is 7.47. The monoisotopic (exact) mass is 503 g/mol. The van der Waals surface area contributed by atoms with Gasteiger partial charge in [-0.15, -0.1) is 0 Å². The number of fused-ring (bicyclic) bond motifs is 1.